The van der Waals surface area contributed by atoms with Crippen LogP contribution in [-0.2, 0) is 27.4 Å². The van der Waals surface area contributed by atoms with Gasteiger partial charge in [0.1, 0.15) is 12.2 Å². The van der Waals surface area contributed by atoms with E-state index in [0.717, 1.165) is 11.1 Å². The van der Waals surface area contributed by atoms with Crippen molar-refractivity contribution < 1.29 is 27.4 Å². The molecular formula is C24H29F3N2O3S. The highest BCUT2D eigenvalue weighted by molar-refractivity contribution is 7.80. The number of rotatable bonds is 8. The molecule has 2 aromatic rings. The smallest absolute Gasteiger partial charge is 0.373 e. The molecular weight excluding hydrogens is 453 g/mol. The van der Waals surface area contributed by atoms with Crippen LogP contribution in [0.1, 0.15) is 17.5 Å². The van der Waals surface area contributed by atoms with Gasteiger partial charge in [-0.05, 0) is 23.3 Å². The molecule has 5 nitrogen and oxygen atoms in total. The number of nitrogens with one attached hydrogen (secondary N) is 1. The van der Waals surface area contributed by atoms with E-state index < -0.39 is 37.0 Å². The molecule has 0 aliphatic carbocycles. The van der Waals surface area contributed by atoms with E-state index in [1.165, 1.54) is 0 Å². The standard InChI is InChI=1S/C24H29F3N2O3S/c1-29(2)23(33)28-19-16-30-20(13-24(25,26)27)22(32-15-18-11-7-4-8-12-18)21(19)31-14-17-9-5-3-6-10-17/h3-12,19-22H,13-16H2,1-2H3,(H,28,33)/t19-,20+,21+,22+/m0/s1. The van der Waals surface area contributed by atoms with Gasteiger partial charge in [-0.25, -0.2) is 0 Å². The summed E-state index contributed by atoms with van der Waals surface area (Å²) in [6.07, 6.45) is -8.38. The van der Waals surface area contributed by atoms with Gasteiger partial charge in [-0.3, -0.25) is 0 Å². The number of benzene rings is 2. The fourth-order valence-corrected chi connectivity index (χ4v) is 3.77. The second-order valence-electron chi connectivity index (χ2n) is 8.16. The van der Waals surface area contributed by atoms with E-state index in [9.17, 15) is 13.2 Å². The minimum Gasteiger partial charge on any atom is -0.373 e. The van der Waals surface area contributed by atoms with Gasteiger partial charge < -0.3 is 24.4 Å². The van der Waals surface area contributed by atoms with E-state index in [-0.39, 0.29) is 19.8 Å². The van der Waals surface area contributed by atoms with Crippen molar-refractivity contribution >= 4 is 17.3 Å². The van der Waals surface area contributed by atoms with Crippen molar-refractivity contribution in [1.29, 1.82) is 0 Å². The Morgan fingerprint density at radius 3 is 1.97 bits per heavy atom. The predicted molar refractivity (Wildman–Crippen MR) is 124 cm³/mol. The summed E-state index contributed by atoms with van der Waals surface area (Å²) in [5.74, 6) is 0. The number of hydrogen-bond donors (Lipinski definition) is 1. The summed E-state index contributed by atoms with van der Waals surface area (Å²) in [5, 5.41) is 3.60. The molecule has 1 aliphatic heterocycles. The first-order valence-corrected chi connectivity index (χ1v) is 11.1. The topological polar surface area (TPSA) is 43.0 Å². The average Bonchev–Trinajstić information content (AvgIpc) is 2.78. The van der Waals surface area contributed by atoms with Crippen LogP contribution in [0.25, 0.3) is 0 Å². The average molecular weight is 483 g/mol. The third-order valence-electron chi connectivity index (χ3n) is 5.29. The fraction of sp³-hybridized carbons (Fsp3) is 0.458. The van der Waals surface area contributed by atoms with Gasteiger partial charge in [0.2, 0.25) is 0 Å². The fourth-order valence-electron chi connectivity index (χ4n) is 3.62. The van der Waals surface area contributed by atoms with Gasteiger partial charge in [0.25, 0.3) is 0 Å². The Balaban J connectivity index is 1.84. The zero-order valence-electron chi connectivity index (χ0n) is 18.6. The second-order valence-corrected chi connectivity index (χ2v) is 8.55. The van der Waals surface area contributed by atoms with E-state index in [0.29, 0.717) is 5.11 Å². The second kappa shape index (κ2) is 11.8. The molecule has 4 atom stereocenters. The largest absolute Gasteiger partial charge is 0.391 e. The number of thiocarbonyl (C=S) groups is 1. The number of hydrogen-bond acceptors (Lipinski definition) is 4. The van der Waals surface area contributed by atoms with Crippen LogP contribution in [0.5, 0.6) is 0 Å². The molecule has 3 rings (SSSR count). The van der Waals surface area contributed by atoms with E-state index >= 15 is 0 Å². The molecule has 33 heavy (non-hydrogen) atoms. The molecule has 1 saturated heterocycles. The van der Waals surface area contributed by atoms with Gasteiger partial charge in [-0.15, -0.1) is 0 Å². The van der Waals surface area contributed by atoms with Crippen molar-refractivity contribution in [1.82, 2.24) is 10.2 Å². The molecule has 0 saturated carbocycles. The summed E-state index contributed by atoms with van der Waals surface area (Å²) < 4.78 is 58.0. The lowest BCUT2D eigenvalue weighted by atomic mass is 9.95. The summed E-state index contributed by atoms with van der Waals surface area (Å²) in [6.45, 7) is 0.376. The molecule has 0 bridgehead atoms. The van der Waals surface area contributed by atoms with Crippen LogP contribution in [-0.4, -0.2) is 61.2 Å². The third-order valence-corrected chi connectivity index (χ3v) is 5.78. The molecule has 0 amide bonds. The minimum absolute atomic E-state index is 0.0133. The maximum Gasteiger partial charge on any atom is 0.391 e. The highest BCUT2D eigenvalue weighted by Gasteiger charge is 2.47. The quantitative estimate of drug-likeness (QED) is 0.566. The van der Waals surface area contributed by atoms with Crippen molar-refractivity contribution in [3.63, 3.8) is 0 Å². The Labute approximate surface area is 197 Å². The first kappa shape index (κ1) is 25.4. The predicted octanol–water partition coefficient (Wildman–Crippen LogP) is 4.31. The molecule has 0 spiro atoms. The summed E-state index contributed by atoms with van der Waals surface area (Å²) in [4.78, 5) is 1.71. The Kier molecular flexibility index (Phi) is 9.08. The van der Waals surface area contributed by atoms with Gasteiger partial charge in [0, 0.05) is 14.1 Å². The van der Waals surface area contributed by atoms with Crippen LogP contribution in [0, 0.1) is 0 Å². The van der Waals surface area contributed by atoms with Gasteiger partial charge in [-0.2, -0.15) is 13.2 Å². The highest BCUT2D eigenvalue weighted by Crippen LogP contribution is 2.32. The van der Waals surface area contributed by atoms with Crippen molar-refractivity contribution in [2.75, 3.05) is 20.7 Å². The van der Waals surface area contributed by atoms with E-state index in [1.807, 2.05) is 60.7 Å². The molecule has 0 unspecified atom stereocenters. The number of halogens is 3. The first-order valence-electron chi connectivity index (χ1n) is 10.7. The molecule has 0 aromatic heterocycles. The Morgan fingerprint density at radius 2 is 1.48 bits per heavy atom. The third kappa shape index (κ3) is 7.96. The summed E-state index contributed by atoms with van der Waals surface area (Å²) in [6, 6.07) is 18.3. The first-order chi connectivity index (χ1) is 15.7. The lowest BCUT2D eigenvalue weighted by Gasteiger charge is -2.43. The highest BCUT2D eigenvalue weighted by atomic mass is 32.1. The minimum atomic E-state index is -4.40. The summed E-state index contributed by atoms with van der Waals surface area (Å²) >= 11 is 5.37. The Hall–Kier alpha value is -2.20. The van der Waals surface area contributed by atoms with E-state index in [1.54, 1.807) is 19.0 Å². The van der Waals surface area contributed by atoms with Crippen LogP contribution < -0.4 is 5.32 Å². The lowest BCUT2D eigenvalue weighted by Crippen LogP contribution is -2.62. The SMILES string of the molecule is CN(C)C(=S)N[C@H]1CO[C@H](CC(F)(F)F)[C@@H](OCc2ccccc2)[C@@H]1OCc1ccccc1. The van der Waals surface area contributed by atoms with Crippen molar-refractivity contribution in [2.24, 2.45) is 0 Å². The van der Waals surface area contributed by atoms with Gasteiger partial charge in [0.05, 0.1) is 38.4 Å². The van der Waals surface area contributed by atoms with Crippen molar-refractivity contribution in [2.45, 2.75) is 50.2 Å². The Bertz CT molecular complexity index is 868. The molecule has 9 heteroatoms. The monoisotopic (exact) mass is 482 g/mol. The van der Waals surface area contributed by atoms with Crippen LogP contribution in [0.2, 0.25) is 0 Å². The molecule has 180 valence electrons. The zero-order chi connectivity index (χ0) is 23.8. The van der Waals surface area contributed by atoms with E-state index in [2.05, 4.69) is 5.32 Å². The normalized spacial score (nSPS) is 23.2. The van der Waals surface area contributed by atoms with Crippen LogP contribution in [0.3, 0.4) is 0 Å². The lowest BCUT2D eigenvalue weighted by molar-refractivity contribution is -0.229. The molecule has 1 aliphatic rings. The van der Waals surface area contributed by atoms with Gasteiger partial charge in [0.15, 0.2) is 5.11 Å². The van der Waals surface area contributed by atoms with E-state index in [4.69, 9.17) is 26.4 Å². The molecule has 1 N–H and O–H groups in total. The summed E-state index contributed by atoms with van der Waals surface area (Å²) in [7, 11) is 3.57. The Morgan fingerprint density at radius 1 is 0.970 bits per heavy atom. The van der Waals surface area contributed by atoms with Crippen LogP contribution in [0.4, 0.5) is 13.2 Å². The molecule has 2 aromatic carbocycles. The van der Waals surface area contributed by atoms with Crippen LogP contribution >= 0.6 is 12.2 Å². The molecule has 0 radical (unpaired) electrons. The van der Waals surface area contributed by atoms with Gasteiger partial charge in [-0.1, -0.05) is 60.7 Å². The summed E-state index contributed by atoms with van der Waals surface area (Å²) in [5.41, 5.74) is 1.76. The number of nitrogens with zero attached hydrogens (tertiary/aromatic N) is 1. The van der Waals surface area contributed by atoms with Crippen molar-refractivity contribution in [3.8, 4) is 0 Å². The number of ether oxygens (including phenoxy) is 3. The van der Waals surface area contributed by atoms with Crippen molar-refractivity contribution in [3.05, 3.63) is 71.8 Å². The maximum atomic E-state index is 13.3. The molecule has 1 heterocycles. The number of alkyl halides is 3. The maximum absolute atomic E-state index is 13.3. The van der Waals surface area contributed by atoms with Crippen LogP contribution in [0.15, 0.2) is 60.7 Å². The molecule has 1 fully saturated rings. The van der Waals surface area contributed by atoms with Gasteiger partial charge >= 0.3 is 6.18 Å². The zero-order valence-corrected chi connectivity index (χ0v) is 19.4.